The van der Waals surface area contributed by atoms with E-state index in [9.17, 15) is 9.59 Å². The van der Waals surface area contributed by atoms with Crippen LogP contribution in [0.1, 0.15) is 0 Å². The molecule has 0 aliphatic carbocycles. The Kier molecular flexibility index (Phi) is 6.43. The van der Waals surface area contributed by atoms with Gasteiger partial charge in [0.25, 0.3) is 5.91 Å². The summed E-state index contributed by atoms with van der Waals surface area (Å²) in [5.41, 5.74) is 0.571. The van der Waals surface area contributed by atoms with Crippen LogP contribution in [0.2, 0.25) is 5.02 Å². The van der Waals surface area contributed by atoms with Crippen molar-refractivity contribution in [2.24, 2.45) is 0 Å². The zero-order valence-corrected chi connectivity index (χ0v) is 14.3. The summed E-state index contributed by atoms with van der Waals surface area (Å²) >= 11 is 9.04. The van der Waals surface area contributed by atoms with Crippen molar-refractivity contribution in [3.63, 3.8) is 0 Å². The van der Waals surface area contributed by atoms with E-state index in [1.165, 1.54) is 0 Å². The van der Waals surface area contributed by atoms with Crippen LogP contribution in [0.5, 0.6) is 5.75 Å². The van der Waals surface area contributed by atoms with Crippen LogP contribution in [0.3, 0.4) is 0 Å². The molecule has 0 spiro atoms. The molecule has 0 fully saturated rings. The Hall–Kier alpha value is -2.05. The molecule has 1 amide bonds. The van der Waals surface area contributed by atoms with Crippen molar-refractivity contribution in [1.82, 2.24) is 0 Å². The van der Waals surface area contributed by atoms with Crippen molar-refractivity contribution in [2.45, 2.75) is 0 Å². The number of hydrogen-bond acceptors (Lipinski definition) is 4. The number of nitrogens with one attached hydrogen (secondary N) is 1. The number of benzene rings is 2. The van der Waals surface area contributed by atoms with Gasteiger partial charge in [0, 0.05) is 15.2 Å². The summed E-state index contributed by atoms with van der Waals surface area (Å²) in [7, 11) is 0. The summed E-state index contributed by atoms with van der Waals surface area (Å²) in [4.78, 5) is 23.2. The lowest BCUT2D eigenvalue weighted by Gasteiger charge is -2.08. The van der Waals surface area contributed by atoms with Gasteiger partial charge in [-0.05, 0) is 48.5 Å². The molecule has 0 aliphatic rings. The van der Waals surface area contributed by atoms with E-state index in [2.05, 4.69) is 21.2 Å². The maximum absolute atomic E-state index is 11.6. The number of carbonyl (C=O) groups is 2. The third-order valence-corrected chi connectivity index (χ3v) is 3.44. The number of rotatable bonds is 6. The largest absolute Gasteiger partial charge is 0.482 e. The van der Waals surface area contributed by atoms with Crippen LogP contribution in [-0.2, 0) is 14.3 Å². The van der Waals surface area contributed by atoms with Crippen LogP contribution < -0.4 is 10.1 Å². The van der Waals surface area contributed by atoms with Gasteiger partial charge < -0.3 is 14.8 Å². The van der Waals surface area contributed by atoms with Crippen LogP contribution >= 0.6 is 27.5 Å². The van der Waals surface area contributed by atoms with E-state index >= 15 is 0 Å². The van der Waals surface area contributed by atoms with Gasteiger partial charge in [0.05, 0.1) is 0 Å². The molecule has 0 atom stereocenters. The maximum Gasteiger partial charge on any atom is 0.344 e. The Morgan fingerprint density at radius 1 is 1.00 bits per heavy atom. The molecule has 0 aliphatic heterocycles. The second-order valence-corrected chi connectivity index (χ2v) is 5.81. The summed E-state index contributed by atoms with van der Waals surface area (Å²) in [6.07, 6.45) is 0. The highest BCUT2D eigenvalue weighted by Gasteiger charge is 2.09. The Labute approximate surface area is 146 Å². The molecule has 5 nitrogen and oxygen atoms in total. The molecule has 2 aromatic rings. The summed E-state index contributed by atoms with van der Waals surface area (Å²) < 4.78 is 11.0. The maximum atomic E-state index is 11.6. The van der Waals surface area contributed by atoms with Crippen LogP contribution in [0, 0.1) is 0 Å². The van der Waals surface area contributed by atoms with Gasteiger partial charge in [0.1, 0.15) is 5.75 Å². The van der Waals surface area contributed by atoms with Gasteiger partial charge >= 0.3 is 5.97 Å². The van der Waals surface area contributed by atoms with E-state index in [1.807, 2.05) is 0 Å². The highest BCUT2D eigenvalue weighted by atomic mass is 79.9. The highest BCUT2D eigenvalue weighted by molar-refractivity contribution is 9.10. The van der Waals surface area contributed by atoms with Crippen molar-refractivity contribution in [2.75, 3.05) is 18.5 Å². The molecule has 0 saturated carbocycles. The number of halogens is 2. The number of carbonyl (C=O) groups excluding carboxylic acids is 2. The molecular formula is C16H13BrClNO4. The molecule has 23 heavy (non-hydrogen) atoms. The number of amides is 1. The Morgan fingerprint density at radius 3 is 2.30 bits per heavy atom. The van der Waals surface area contributed by atoms with E-state index in [4.69, 9.17) is 21.1 Å². The van der Waals surface area contributed by atoms with Crippen LogP contribution in [0.4, 0.5) is 5.69 Å². The summed E-state index contributed by atoms with van der Waals surface area (Å²) in [5.74, 6) is -0.528. The van der Waals surface area contributed by atoms with Gasteiger partial charge in [-0.3, -0.25) is 4.79 Å². The summed E-state index contributed by atoms with van der Waals surface area (Å²) in [6.45, 7) is -0.652. The molecule has 0 saturated heterocycles. The van der Waals surface area contributed by atoms with E-state index in [0.29, 0.717) is 16.5 Å². The fourth-order valence-electron chi connectivity index (χ4n) is 1.59. The highest BCUT2D eigenvalue weighted by Crippen LogP contribution is 2.16. The second-order valence-electron chi connectivity index (χ2n) is 4.46. The Morgan fingerprint density at radius 2 is 1.65 bits per heavy atom. The average Bonchev–Trinajstić information content (AvgIpc) is 2.54. The molecule has 7 heteroatoms. The number of esters is 1. The first-order chi connectivity index (χ1) is 11.0. The average molecular weight is 399 g/mol. The van der Waals surface area contributed by atoms with Gasteiger partial charge in [-0.15, -0.1) is 0 Å². The van der Waals surface area contributed by atoms with E-state index < -0.39 is 11.9 Å². The van der Waals surface area contributed by atoms with E-state index in [-0.39, 0.29) is 13.2 Å². The Bertz CT molecular complexity index is 673. The minimum atomic E-state index is -0.626. The predicted octanol–water partition coefficient (Wildman–Crippen LogP) is 3.66. The van der Waals surface area contributed by atoms with Crippen LogP contribution in [0.15, 0.2) is 53.0 Å². The van der Waals surface area contributed by atoms with Crippen LogP contribution in [-0.4, -0.2) is 25.1 Å². The first-order valence-corrected chi connectivity index (χ1v) is 7.79. The molecule has 0 bridgehead atoms. The number of ether oxygens (including phenoxy) is 2. The van der Waals surface area contributed by atoms with Crippen molar-refractivity contribution < 1.29 is 19.1 Å². The molecule has 2 rings (SSSR count). The van der Waals surface area contributed by atoms with Crippen LogP contribution in [0.25, 0.3) is 0 Å². The van der Waals surface area contributed by atoms with Gasteiger partial charge in [-0.25, -0.2) is 4.79 Å². The fourth-order valence-corrected chi connectivity index (χ4v) is 1.98. The summed E-state index contributed by atoms with van der Waals surface area (Å²) in [6, 6.07) is 13.6. The normalized spacial score (nSPS) is 10.0. The standard InChI is InChI=1S/C16H13BrClNO4/c17-11-1-7-14(8-2-11)22-10-16(21)23-9-15(20)19-13-5-3-12(18)4-6-13/h1-8H,9-10H2,(H,19,20). The summed E-state index contributed by atoms with van der Waals surface area (Å²) in [5, 5.41) is 3.15. The third-order valence-electron chi connectivity index (χ3n) is 2.66. The molecule has 0 aromatic heterocycles. The lowest BCUT2D eigenvalue weighted by molar-refractivity contribution is -0.149. The lowest BCUT2D eigenvalue weighted by Crippen LogP contribution is -2.23. The SMILES string of the molecule is O=C(COC(=O)COc1ccc(Br)cc1)Nc1ccc(Cl)cc1. The van der Waals surface area contributed by atoms with Gasteiger partial charge in [0.2, 0.25) is 0 Å². The predicted molar refractivity (Wildman–Crippen MR) is 90.7 cm³/mol. The van der Waals surface area contributed by atoms with Crippen molar-refractivity contribution in [3.05, 3.63) is 58.0 Å². The van der Waals surface area contributed by atoms with Gasteiger partial charge in [0.15, 0.2) is 13.2 Å². The van der Waals surface area contributed by atoms with Crippen molar-refractivity contribution >= 4 is 45.1 Å². The topological polar surface area (TPSA) is 64.6 Å². The molecule has 0 unspecified atom stereocenters. The van der Waals surface area contributed by atoms with Gasteiger partial charge in [-0.1, -0.05) is 27.5 Å². The molecule has 120 valence electrons. The molecule has 0 heterocycles. The zero-order chi connectivity index (χ0) is 16.7. The molecule has 0 radical (unpaired) electrons. The first-order valence-electron chi connectivity index (χ1n) is 6.62. The molecular weight excluding hydrogens is 386 g/mol. The number of anilines is 1. The second kappa shape index (κ2) is 8.55. The van der Waals surface area contributed by atoms with Crippen molar-refractivity contribution in [1.29, 1.82) is 0 Å². The zero-order valence-electron chi connectivity index (χ0n) is 11.9. The first kappa shape index (κ1) is 17.3. The minimum absolute atomic E-state index is 0.268. The van der Waals surface area contributed by atoms with Gasteiger partial charge in [-0.2, -0.15) is 0 Å². The van der Waals surface area contributed by atoms with E-state index in [1.54, 1.807) is 48.5 Å². The lowest BCUT2D eigenvalue weighted by atomic mass is 10.3. The number of hydrogen-bond donors (Lipinski definition) is 1. The molecule has 1 N–H and O–H groups in total. The fraction of sp³-hybridized carbons (Fsp3) is 0.125. The minimum Gasteiger partial charge on any atom is -0.482 e. The monoisotopic (exact) mass is 397 g/mol. The van der Waals surface area contributed by atoms with E-state index in [0.717, 1.165) is 4.47 Å². The molecule has 2 aromatic carbocycles. The quantitative estimate of drug-likeness (QED) is 0.754. The third kappa shape index (κ3) is 6.30. The smallest absolute Gasteiger partial charge is 0.344 e. The van der Waals surface area contributed by atoms with Crippen molar-refractivity contribution in [3.8, 4) is 5.75 Å². The Balaban J connectivity index is 1.70.